The topological polar surface area (TPSA) is 92.2 Å². The van der Waals surface area contributed by atoms with Gasteiger partial charge in [-0.2, -0.15) is 0 Å². The van der Waals surface area contributed by atoms with Crippen molar-refractivity contribution >= 4 is 17.4 Å². The van der Waals surface area contributed by atoms with Crippen molar-refractivity contribution in [1.82, 2.24) is 14.8 Å². The number of benzene rings is 1. The zero-order chi connectivity index (χ0) is 23.2. The summed E-state index contributed by atoms with van der Waals surface area (Å²) in [5.74, 6) is -0.900. The highest BCUT2D eigenvalue weighted by Gasteiger charge is 2.46. The number of rotatable bonds is 8. The molecule has 0 spiro atoms. The van der Waals surface area contributed by atoms with Crippen LogP contribution < -0.4 is 4.74 Å². The van der Waals surface area contributed by atoms with Gasteiger partial charge in [0.2, 0.25) is 0 Å². The Hall–Kier alpha value is -3.49. The summed E-state index contributed by atoms with van der Waals surface area (Å²) in [6.07, 6.45) is 4.87. The van der Waals surface area contributed by atoms with E-state index in [1.165, 1.54) is 0 Å². The monoisotopic (exact) mass is 449 g/mol. The lowest BCUT2D eigenvalue weighted by Crippen LogP contribution is -2.42. The summed E-state index contributed by atoms with van der Waals surface area (Å²) in [5.41, 5.74) is 1.23. The van der Waals surface area contributed by atoms with E-state index in [0.717, 1.165) is 18.7 Å². The molecule has 2 aromatic rings. The van der Waals surface area contributed by atoms with E-state index in [0.29, 0.717) is 44.2 Å². The number of aliphatic hydroxyl groups is 1. The van der Waals surface area contributed by atoms with E-state index in [-0.39, 0.29) is 11.3 Å². The number of likely N-dealkylation sites (tertiary alicyclic amines) is 1. The van der Waals surface area contributed by atoms with Gasteiger partial charge in [0.15, 0.2) is 0 Å². The number of aliphatic hydroxyl groups excluding tert-OH is 1. The van der Waals surface area contributed by atoms with Gasteiger partial charge in [0, 0.05) is 44.1 Å². The molecule has 2 aliphatic rings. The zero-order valence-electron chi connectivity index (χ0n) is 18.4. The standard InChI is InChI=1S/C25H27N3O5/c1-2-15-33-20-5-3-19(4-6-20)23(29)21-22(18-7-9-26-10-8-18)28(25(31)24(21)30)12-11-27-13-16-32-17-14-27/h2-10,22,29H,1,11-17H2/t22-/m1/s1. The number of carbonyl (C=O) groups excluding carboxylic acids is 2. The van der Waals surface area contributed by atoms with Crippen LogP contribution in [-0.2, 0) is 14.3 Å². The Balaban J connectivity index is 1.66. The fourth-order valence-electron chi connectivity index (χ4n) is 4.10. The molecule has 2 saturated heterocycles. The van der Waals surface area contributed by atoms with Crippen LogP contribution in [0.2, 0.25) is 0 Å². The molecule has 0 bridgehead atoms. The number of nitrogens with zero attached hydrogens (tertiary/aromatic N) is 3. The quantitative estimate of drug-likeness (QED) is 0.286. The van der Waals surface area contributed by atoms with Crippen LogP contribution in [0.4, 0.5) is 0 Å². The van der Waals surface area contributed by atoms with Crippen molar-refractivity contribution in [2.75, 3.05) is 46.0 Å². The number of ketones is 1. The van der Waals surface area contributed by atoms with Crippen LogP contribution in [-0.4, -0.2) is 77.6 Å². The first-order valence-corrected chi connectivity index (χ1v) is 10.9. The predicted octanol–water partition coefficient (Wildman–Crippen LogP) is 2.40. The van der Waals surface area contributed by atoms with E-state index in [9.17, 15) is 14.7 Å². The average Bonchev–Trinajstić information content (AvgIpc) is 3.12. The van der Waals surface area contributed by atoms with Crippen LogP contribution in [0.1, 0.15) is 17.2 Å². The van der Waals surface area contributed by atoms with Crippen LogP contribution in [0.5, 0.6) is 5.75 Å². The largest absolute Gasteiger partial charge is 0.507 e. The molecule has 0 radical (unpaired) electrons. The number of ether oxygens (including phenoxy) is 2. The van der Waals surface area contributed by atoms with Crippen molar-refractivity contribution in [2.45, 2.75) is 6.04 Å². The summed E-state index contributed by atoms with van der Waals surface area (Å²) < 4.78 is 10.9. The Kier molecular flexibility index (Phi) is 7.16. The molecule has 0 unspecified atom stereocenters. The summed E-state index contributed by atoms with van der Waals surface area (Å²) in [6, 6.07) is 9.57. The number of carbonyl (C=O) groups is 2. The molecule has 1 aromatic carbocycles. The summed E-state index contributed by atoms with van der Waals surface area (Å²) in [6.45, 7) is 7.83. The number of amides is 1. The average molecular weight is 450 g/mol. The van der Waals surface area contributed by atoms with Crippen molar-refractivity contribution in [3.8, 4) is 5.75 Å². The maximum atomic E-state index is 13.1. The molecule has 172 valence electrons. The summed E-state index contributed by atoms with van der Waals surface area (Å²) in [4.78, 5) is 33.9. The van der Waals surface area contributed by atoms with Gasteiger partial charge >= 0.3 is 0 Å². The van der Waals surface area contributed by atoms with Crippen molar-refractivity contribution < 1.29 is 24.2 Å². The van der Waals surface area contributed by atoms with Crippen LogP contribution >= 0.6 is 0 Å². The van der Waals surface area contributed by atoms with Gasteiger partial charge in [-0.25, -0.2) is 0 Å². The second-order valence-electron chi connectivity index (χ2n) is 7.85. The highest BCUT2D eigenvalue weighted by Crippen LogP contribution is 2.39. The molecule has 2 aliphatic heterocycles. The molecule has 2 fully saturated rings. The minimum Gasteiger partial charge on any atom is -0.507 e. The van der Waals surface area contributed by atoms with E-state index in [2.05, 4.69) is 16.5 Å². The van der Waals surface area contributed by atoms with Gasteiger partial charge in [-0.3, -0.25) is 19.5 Å². The summed E-state index contributed by atoms with van der Waals surface area (Å²) in [7, 11) is 0. The highest BCUT2D eigenvalue weighted by atomic mass is 16.5. The fourth-order valence-corrected chi connectivity index (χ4v) is 4.10. The van der Waals surface area contributed by atoms with Gasteiger partial charge < -0.3 is 19.5 Å². The molecule has 0 aliphatic carbocycles. The van der Waals surface area contributed by atoms with Gasteiger partial charge in [-0.1, -0.05) is 12.7 Å². The number of hydrogen-bond acceptors (Lipinski definition) is 7. The molecule has 3 heterocycles. The Morgan fingerprint density at radius 1 is 1.12 bits per heavy atom. The van der Waals surface area contributed by atoms with Crippen LogP contribution in [0, 0.1) is 0 Å². The molecule has 8 heteroatoms. The lowest BCUT2D eigenvalue weighted by Gasteiger charge is -2.30. The molecule has 1 atom stereocenters. The SMILES string of the molecule is C=CCOc1ccc(C(O)=C2C(=O)C(=O)N(CCN3CCOCC3)[C@@H]2c2ccncc2)cc1. The maximum Gasteiger partial charge on any atom is 0.295 e. The van der Waals surface area contributed by atoms with E-state index in [4.69, 9.17) is 9.47 Å². The molecule has 33 heavy (non-hydrogen) atoms. The Morgan fingerprint density at radius 3 is 2.48 bits per heavy atom. The fraction of sp³-hybridized carbons (Fsp3) is 0.320. The molecular formula is C25H27N3O5. The summed E-state index contributed by atoms with van der Waals surface area (Å²) in [5, 5.41) is 11.1. The van der Waals surface area contributed by atoms with Crippen LogP contribution in [0.15, 0.2) is 67.0 Å². The first kappa shape index (κ1) is 22.7. The summed E-state index contributed by atoms with van der Waals surface area (Å²) >= 11 is 0. The smallest absolute Gasteiger partial charge is 0.295 e. The third-order valence-electron chi connectivity index (χ3n) is 5.82. The number of aromatic nitrogens is 1. The van der Waals surface area contributed by atoms with Gasteiger partial charge in [0.05, 0.1) is 24.8 Å². The minimum atomic E-state index is -0.691. The van der Waals surface area contributed by atoms with Crippen molar-refractivity contribution in [2.24, 2.45) is 0 Å². The van der Waals surface area contributed by atoms with Gasteiger partial charge in [-0.15, -0.1) is 0 Å². The van der Waals surface area contributed by atoms with Crippen LogP contribution in [0.25, 0.3) is 5.76 Å². The van der Waals surface area contributed by atoms with E-state index in [1.54, 1.807) is 59.8 Å². The number of pyridine rings is 1. The van der Waals surface area contributed by atoms with Crippen molar-refractivity contribution in [3.63, 3.8) is 0 Å². The zero-order valence-corrected chi connectivity index (χ0v) is 18.4. The van der Waals surface area contributed by atoms with Gasteiger partial charge in [-0.05, 0) is 42.0 Å². The molecule has 1 amide bonds. The Labute approximate surface area is 192 Å². The van der Waals surface area contributed by atoms with Crippen molar-refractivity contribution in [3.05, 3.63) is 78.1 Å². The molecule has 1 N–H and O–H groups in total. The Morgan fingerprint density at radius 2 is 1.82 bits per heavy atom. The van der Waals surface area contributed by atoms with E-state index in [1.807, 2.05) is 0 Å². The highest BCUT2D eigenvalue weighted by molar-refractivity contribution is 6.46. The van der Waals surface area contributed by atoms with E-state index >= 15 is 0 Å². The number of hydrogen-bond donors (Lipinski definition) is 1. The molecule has 8 nitrogen and oxygen atoms in total. The second-order valence-corrected chi connectivity index (χ2v) is 7.85. The molecule has 1 aromatic heterocycles. The first-order valence-electron chi connectivity index (χ1n) is 10.9. The number of morpholine rings is 1. The number of Topliss-reactive ketones (excluding diaryl/α,β-unsaturated/α-hetero) is 1. The lowest BCUT2D eigenvalue weighted by atomic mass is 9.96. The second kappa shape index (κ2) is 10.4. The predicted molar refractivity (Wildman–Crippen MR) is 123 cm³/mol. The van der Waals surface area contributed by atoms with Crippen LogP contribution in [0.3, 0.4) is 0 Å². The van der Waals surface area contributed by atoms with E-state index < -0.39 is 17.7 Å². The van der Waals surface area contributed by atoms with Gasteiger partial charge in [0.1, 0.15) is 18.1 Å². The molecular weight excluding hydrogens is 422 g/mol. The Bertz CT molecular complexity index is 1030. The normalized spacial score (nSPS) is 20.7. The van der Waals surface area contributed by atoms with Crippen molar-refractivity contribution in [1.29, 1.82) is 0 Å². The third kappa shape index (κ3) is 4.97. The third-order valence-corrected chi connectivity index (χ3v) is 5.82. The molecule has 4 rings (SSSR count). The minimum absolute atomic E-state index is 0.0768. The first-order chi connectivity index (χ1) is 16.1. The lowest BCUT2D eigenvalue weighted by molar-refractivity contribution is -0.140. The van der Waals surface area contributed by atoms with Gasteiger partial charge in [0.25, 0.3) is 11.7 Å². The maximum absolute atomic E-state index is 13.1. The molecule has 0 saturated carbocycles.